The predicted octanol–water partition coefficient (Wildman–Crippen LogP) is 4.99. The number of benzene rings is 1. The molecule has 1 aromatic heterocycles. The quantitative estimate of drug-likeness (QED) is 0.711. The predicted molar refractivity (Wildman–Crippen MR) is 68.9 cm³/mol. The van der Waals surface area contributed by atoms with Crippen LogP contribution >= 0.6 is 43.5 Å². The minimum atomic E-state index is -2.53. The molecule has 2 aromatic rings. The molecular weight excluding hydrogens is 381 g/mol. The van der Waals surface area contributed by atoms with E-state index < -0.39 is 6.43 Å². The molecule has 0 fully saturated rings. The number of hydrogen-bond donors (Lipinski definition) is 0. The van der Waals surface area contributed by atoms with Gasteiger partial charge in [0.05, 0.1) is 17.4 Å². The third-order valence-corrected chi connectivity index (χ3v) is 3.49. The van der Waals surface area contributed by atoms with Gasteiger partial charge in [0.15, 0.2) is 0 Å². The first kappa shape index (κ1) is 13.0. The van der Waals surface area contributed by atoms with Crippen LogP contribution in [0.2, 0.25) is 5.02 Å². The van der Waals surface area contributed by atoms with Crippen molar-refractivity contribution in [2.45, 2.75) is 6.43 Å². The standard InChI is InChI=1S/C10H5Br2ClF2N2/c11-7-1-6(13)2-8(12)9(7)17-4-5(3-16-17)10(14)15/h1-4,10H. The molecule has 0 aliphatic carbocycles. The van der Waals surface area contributed by atoms with Crippen molar-refractivity contribution in [3.05, 3.63) is 44.1 Å². The van der Waals surface area contributed by atoms with Crippen LogP contribution in [0.25, 0.3) is 5.69 Å². The Labute approximate surface area is 118 Å². The summed E-state index contributed by atoms with van der Waals surface area (Å²) in [6, 6.07) is 3.34. The van der Waals surface area contributed by atoms with Gasteiger partial charge in [-0.15, -0.1) is 0 Å². The normalized spacial score (nSPS) is 11.2. The molecule has 0 saturated carbocycles. The Balaban J connectivity index is 2.52. The third kappa shape index (κ3) is 2.69. The van der Waals surface area contributed by atoms with Crippen LogP contribution in [0.1, 0.15) is 12.0 Å². The van der Waals surface area contributed by atoms with Crippen molar-refractivity contribution in [2.24, 2.45) is 0 Å². The second-order valence-corrected chi connectivity index (χ2v) is 5.38. The first-order valence-electron chi connectivity index (χ1n) is 4.46. The Kier molecular flexibility index (Phi) is 3.85. The molecule has 1 heterocycles. The van der Waals surface area contributed by atoms with E-state index in [0.29, 0.717) is 19.7 Å². The van der Waals surface area contributed by atoms with Crippen molar-refractivity contribution in [2.75, 3.05) is 0 Å². The molecule has 0 saturated heterocycles. The lowest BCUT2D eigenvalue weighted by molar-refractivity contribution is 0.151. The lowest BCUT2D eigenvalue weighted by Crippen LogP contribution is -1.97. The van der Waals surface area contributed by atoms with E-state index in [2.05, 4.69) is 37.0 Å². The summed E-state index contributed by atoms with van der Waals surface area (Å²) in [6.07, 6.45) is -0.115. The van der Waals surface area contributed by atoms with Crippen LogP contribution in [0.4, 0.5) is 8.78 Å². The van der Waals surface area contributed by atoms with Crippen molar-refractivity contribution >= 4 is 43.5 Å². The molecule has 0 N–H and O–H groups in total. The number of rotatable bonds is 2. The highest BCUT2D eigenvalue weighted by atomic mass is 79.9. The summed E-state index contributed by atoms with van der Waals surface area (Å²) in [5.74, 6) is 0. The highest BCUT2D eigenvalue weighted by molar-refractivity contribution is 9.11. The van der Waals surface area contributed by atoms with E-state index in [1.807, 2.05) is 0 Å². The zero-order valence-electron chi connectivity index (χ0n) is 8.17. The fourth-order valence-corrected chi connectivity index (χ4v) is 3.36. The third-order valence-electron chi connectivity index (χ3n) is 2.07. The van der Waals surface area contributed by atoms with E-state index >= 15 is 0 Å². The Morgan fingerprint density at radius 3 is 2.29 bits per heavy atom. The summed E-state index contributed by atoms with van der Waals surface area (Å²) in [7, 11) is 0. The zero-order valence-corrected chi connectivity index (χ0v) is 12.1. The number of alkyl halides is 2. The molecule has 0 atom stereocenters. The average Bonchev–Trinajstić information content (AvgIpc) is 2.65. The van der Waals surface area contributed by atoms with Crippen LogP contribution in [-0.4, -0.2) is 9.78 Å². The molecular formula is C10H5Br2ClF2N2. The van der Waals surface area contributed by atoms with Gasteiger partial charge in [0, 0.05) is 20.2 Å². The van der Waals surface area contributed by atoms with Crippen LogP contribution in [0, 0.1) is 0 Å². The van der Waals surface area contributed by atoms with Crippen molar-refractivity contribution in [1.29, 1.82) is 0 Å². The highest BCUT2D eigenvalue weighted by Gasteiger charge is 2.14. The van der Waals surface area contributed by atoms with Crippen LogP contribution in [0.3, 0.4) is 0 Å². The summed E-state index contributed by atoms with van der Waals surface area (Å²) >= 11 is 12.5. The van der Waals surface area contributed by atoms with E-state index in [0.717, 1.165) is 6.20 Å². The fourth-order valence-electron chi connectivity index (χ4n) is 1.33. The maximum absolute atomic E-state index is 12.5. The Bertz CT molecular complexity index is 534. The van der Waals surface area contributed by atoms with Gasteiger partial charge in [-0.2, -0.15) is 5.10 Å². The van der Waals surface area contributed by atoms with Gasteiger partial charge in [-0.3, -0.25) is 0 Å². The van der Waals surface area contributed by atoms with Crippen molar-refractivity contribution in [1.82, 2.24) is 9.78 Å². The van der Waals surface area contributed by atoms with Crippen molar-refractivity contribution in [3.8, 4) is 5.69 Å². The first-order valence-corrected chi connectivity index (χ1v) is 6.43. The van der Waals surface area contributed by atoms with E-state index in [-0.39, 0.29) is 5.56 Å². The second-order valence-electron chi connectivity index (χ2n) is 3.24. The van der Waals surface area contributed by atoms with Crippen LogP contribution < -0.4 is 0 Å². The lowest BCUT2D eigenvalue weighted by Gasteiger charge is -2.07. The van der Waals surface area contributed by atoms with Crippen LogP contribution in [-0.2, 0) is 0 Å². The highest BCUT2D eigenvalue weighted by Crippen LogP contribution is 2.33. The largest absolute Gasteiger partial charge is 0.266 e. The van der Waals surface area contributed by atoms with Gasteiger partial charge in [0.1, 0.15) is 0 Å². The number of aromatic nitrogens is 2. The first-order chi connectivity index (χ1) is 7.99. The molecule has 0 unspecified atom stereocenters. The summed E-state index contributed by atoms with van der Waals surface area (Å²) < 4.78 is 27.6. The molecule has 0 spiro atoms. The van der Waals surface area contributed by atoms with Gasteiger partial charge in [-0.05, 0) is 44.0 Å². The number of hydrogen-bond acceptors (Lipinski definition) is 1. The van der Waals surface area contributed by atoms with Crippen LogP contribution in [0.5, 0.6) is 0 Å². The topological polar surface area (TPSA) is 17.8 Å². The Hall–Kier alpha value is -0.460. The van der Waals surface area contributed by atoms with Crippen molar-refractivity contribution < 1.29 is 8.78 Å². The molecule has 2 rings (SSSR count). The maximum atomic E-state index is 12.5. The molecule has 0 amide bonds. The molecule has 90 valence electrons. The van der Waals surface area contributed by atoms with Crippen molar-refractivity contribution in [3.63, 3.8) is 0 Å². The molecule has 0 bridgehead atoms. The number of nitrogens with zero attached hydrogens (tertiary/aromatic N) is 2. The molecule has 0 radical (unpaired) electrons. The van der Waals surface area contributed by atoms with Gasteiger partial charge < -0.3 is 0 Å². The summed E-state index contributed by atoms with van der Waals surface area (Å²) in [5.41, 5.74) is 0.500. The molecule has 17 heavy (non-hydrogen) atoms. The second kappa shape index (κ2) is 5.04. The van der Waals surface area contributed by atoms with E-state index in [9.17, 15) is 8.78 Å². The monoisotopic (exact) mass is 384 g/mol. The van der Waals surface area contributed by atoms with Gasteiger partial charge in [0.2, 0.25) is 0 Å². The van der Waals surface area contributed by atoms with Crippen LogP contribution in [0.15, 0.2) is 33.5 Å². The Morgan fingerprint density at radius 1 is 1.24 bits per heavy atom. The Morgan fingerprint density at radius 2 is 1.82 bits per heavy atom. The molecule has 2 nitrogen and oxygen atoms in total. The van der Waals surface area contributed by atoms with E-state index in [1.54, 1.807) is 12.1 Å². The fraction of sp³-hybridized carbons (Fsp3) is 0.100. The van der Waals surface area contributed by atoms with Gasteiger partial charge in [-0.25, -0.2) is 13.5 Å². The van der Waals surface area contributed by atoms with E-state index in [1.165, 1.54) is 10.9 Å². The van der Waals surface area contributed by atoms with Gasteiger partial charge >= 0.3 is 0 Å². The molecule has 0 aliphatic heterocycles. The summed E-state index contributed by atoms with van der Waals surface area (Å²) in [4.78, 5) is 0. The number of halogens is 5. The minimum absolute atomic E-state index is 0.126. The van der Waals surface area contributed by atoms with Gasteiger partial charge in [-0.1, -0.05) is 11.6 Å². The summed E-state index contributed by atoms with van der Waals surface area (Å²) in [5, 5.41) is 4.43. The zero-order chi connectivity index (χ0) is 12.6. The van der Waals surface area contributed by atoms with Gasteiger partial charge in [0.25, 0.3) is 6.43 Å². The summed E-state index contributed by atoms with van der Waals surface area (Å²) in [6.45, 7) is 0. The minimum Gasteiger partial charge on any atom is -0.238 e. The smallest absolute Gasteiger partial charge is 0.238 e. The average molecular weight is 386 g/mol. The maximum Gasteiger partial charge on any atom is 0.266 e. The molecule has 1 aromatic carbocycles. The molecule has 0 aliphatic rings. The SMILES string of the molecule is FC(F)c1cnn(-c2c(Br)cc(Cl)cc2Br)c1. The lowest BCUT2D eigenvalue weighted by atomic mass is 10.3. The molecule has 7 heteroatoms. The van der Waals surface area contributed by atoms with E-state index in [4.69, 9.17) is 11.6 Å².